The molecule has 1 saturated carbocycles. The maximum Gasteiger partial charge on any atom is 0.205 e. The zero-order chi connectivity index (χ0) is 17.3. The normalized spacial score (nSPS) is 22.0. The second-order valence-electron chi connectivity index (χ2n) is 7.37. The third-order valence-corrected chi connectivity index (χ3v) is 6.35. The fourth-order valence-corrected chi connectivity index (χ4v) is 4.54. The molecule has 0 radical (unpaired) electrons. The van der Waals surface area contributed by atoms with E-state index < -0.39 is 0 Å². The Labute approximate surface area is 157 Å². The van der Waals surface area contributed by atoms with Gasteiger partial charge in [-0.2, -0.15) is 4.37 Å². The van der Waals surface area contributed by atoms with E-state index >= 15 is 0 Å². The smallest absolute Gasteiger partial charge is 0.205 e. The zero-order valence-electron chi connectivity index (χ0n) is 14.9. The molecule has 8 heteroatoms. The zero-order valence-corrected chi connectivity index (χ0v) is 15.7. The second-order valence-corrected chi connectivity index (χ2v) is 8.10. The lowest BCUT2D eigenvalue weighted by atomic mass is 9.96. The highest BCUT2D eigenvalue weighted by molar-refractivity contribution is 7.09. The van der Waals surface area contributed by atoms with Crippen LogP contribution in [0.4, 0.5) is 10.9 Å². The van der Waals surface area contributed by atoms with Gasteiger partial charge in [0.05, 0.1) is 0 Å². The number of nitrogens with zero attached hydrogens (tertiary/aromatic N) is 6. The van der Waals surface area contributed by atoms with Crippen LogP contribution in [-0.2, 0) is 4.74 Å². The Balaban J connectivity index is 1.23. The van der Waals surface area contributed by atoms with Gasteiger partial charge in [0.1, 0.15) is 18.0 Å². The lowest BCUT2D eigenvalue weighted by Gasteiger charge is -2.35. The Kier molecular flexibility index (Phi) is 4.46. The van der Waals surface area contributed by atoms with Gasteiger partial charge in [-0.1, -0.05) is 0 Å². The van der Waals surface area contributed by atoms with Gasteiger partial charge in [0.2, 0.25) is 5.13 Å². The highest BCUT2D eigenvalue weighted by Crippen LogP contribution is 2.39. The van der Waals surface area contributed by atoms with Crippen molar-refractivity contribution in [3.05, 3.63) is 23.9 Å². The summed E-state index contributed by atoms with van der Waals surface area (Å²) in [4.78, 5) is 18.5. The summed E-state index contributed by atoms with van der Waals surface area (Å²) in [5.41, 5.74) is 1.17. The molecular weight excluding hydrogens is 348 g/mol. The molecule has 1 aliphatic carbocycles. The van der Waals surface area contributed by atoms with Crippen LogP contribution in [0.15, 0.2) is 12.4 Å². The Morgan fingerprint density at radius 2 is 1.69 bits per heavy atom. The first-order valence-electron chi connectivity index (χ1n) is 9.60. The molecule has 4 heterocycles. The third kappa shape index (κ3) is 3.40. The van der Waals surface area contributed by atoms with Crippen molar-refractivity contribution in [2.24, 2.45) is 0 Å². The molecule has 3 fully saturated rings. The van der Waals surface area contributed by atoms with Crippen molar-refractivity contribution in [1.82, 2.24) is 19.3 Å². The molecule has 2 aliphatic heterocycles. The number of anilines is 2. The van der Waals surface area contributed by atoms with Crippen LogP contribution in [0.2, 0.25) is 0 Å². The molecule has 0 atom stereocenters. The van der Waals surface area contributed by atoms with Crippen molar-refractivity contribution >= 4 is 22.5 Å². The summed E-state index contributed by atoms with van der Waals surface area (Å²) in [6, 6.07) is 2.18. The minimum atomic E-state index is 0.508. The number of hydrogen-bond acceptors (Lipinski definition) is 8. The molecule has 0 bridgehead atoms. The van der Waals surface area contributed by atoms with Crippen LogP contribution < -0.4 is 9.80 Å². The Bertz CT molecular complexity index is 750. The molecule has 7 nitrogen and oxygen atoms in total. The van der Waals surface area contributed by atoms with Crippen molar-refractivity contribution in [3.8, 4) is 0 Å². The van der Waals surface area contributed by atoms with E-state index in [4.69, 9.17) is 9.72 Å². The Morgan fingerprint density at radius 1 is 0.923 bits per heavy atom. The van der Waals surface area contributed by atoms with Crippen molar-refractivity contribution < 1.29 is 4.74 Å². The maximum absolute atomic E-state index is 5.47. The van der Waals surface area contributed by atoms with Gasteiger partial charge in [0.15, 0.2) is 0 Å². The summed E-state index contributed by atoms with van der Waals surface area (Å²) in [5.74, 6) is 3.25. The van der Waals surface area contributed by atoms with Crippen molar-refractivity contribution in [2.75, 3.05) is 49.2 Å². The Hall–Kier alpha value is -1.80. The lowest BCUT2D eigenvalue weighted by Crippen LogP contribution is -2.46. The van der Waals surface area contributed by atoms with Crippen molar-refractivity contribution in [3.63, 3.8) is 0 Å². The summed E-state index contributed by atoms with van der Waals surface area (Å²) in [7, 11) is 0. The van der Waals surface area contributed by atoms with E-state index in [1.54, 1.807) is 17.9 Å². The SMILES string of the molecule is c1nc(C2CCOCC2)cc(N2CCN(c3nc(C4CC4)ns3)CC2)n1. The van der Waals surface area contributed by atoms with Gasteiger partial charge in [-0.05, 0) is 25.7 Å². The molecule has 0 amide bonds. The molecule has 138 valence electrons. The summed E-state index contributed by atoms with van der Waals surface area (Å²) >= 11 is 1.55. The van der Waals surface area contributed by atoms with Gasteiger partial charge >= 0.3 is 0 Å². The fraction of sp³-hybridized carbons (Fsp3) is 0.667. The highest BCUT2D eigenvalue weighted by atomic mass is 32.1. The van der Waals surface area contributed by atoms with E-state index in [1.165, 1.54) is 18.5 Å². The number of aromatic nitrogens is 4. The molecule has 2 aromatic rings. The minimum Gasteiger partial charge on any atom is -0.381 e. The molecule has 0 spiro atoms. The fourth-order valence-electron chi connectivity index (χ4n) is 3.74. The molecule has 26 heavy (non-hydrogen) atoms. The molecule has 5 rings (SSSR count). The molecule has 2 aromatic heterocycles. The molecule has 0 N–H and O–H groups in total. The standard InChI is InChI=1S/C18H24N6OS/c1-2-14(1)17-21-18(26-22-17)24-7-5-23(6-8-24)16-11-15(19-12-20-16)13-3-9-25-10-4-13/h11-14H,1-10H2. The molecular formula is C18H24N6OS. The van der Waals surface area contributed by atoms with Crippen molar-refractivity contribution in [2.45, 2.75) is 37.5 Å². The van der Waals surface area contributed by atoms with Crippen LogP contribution in [0.1, 0.15) is 49.0 Å². The van der Waals surface area contributed by atoms with Crippen LogP contribution >= 0.6 is 11.5 Å². The van der Waals surface area contributed by atoms with Gasteiger partial charge in [-0.3, -0.25) is 0 Å². The lowest BCUT2D eigenvalue weighted by molar-refractivity contribution is 0.0845. The van der Waals surface area contributed by atoms with E-state index in [-0.39, 0.29) is 0 Å². The van der Waals surface area contributed by atoms with Gasteiger partial charge in [-0.25, -0.2) is 15.0 Å². The summed E-state index contributed by atoms with van der Waals surface area (Å²) in [5, 5.41) is 1.08. The first-order valence-corrected chi connectivity index (χ1v) is 10.4. The van der Waals surface area contributed by atoms with Gasteiger partial charge < -0.3 is 14.5 Å². The van der Waals surface area contributed by atoms with E-state index in [2.05, 4.69) is 30.2 Å². The largest absolute Gasteiger partial charge is 0.381 e. The van der Waals surface area contributed by atoms with Crippen LogP contribution in [-0.4, -0.2) is 58.7 Å². The van der Waals surface area contributed by atoms with Crippen LogP contribution in [0.5, 0.6) is 0 Å². The highest BCUT2D eigenvalue weighted by Gasteiger charge is 2.29. The van der Waals surface area contributed by atoms with Gasteiger partial charge in [0, 0.05) is 74.5 Å². The van der Waals surface area contributed by atoms with E-state index in [1.807, 2.05) is 0 Å². The van der Waals surface area contributed by atoms with Crippen LogP contribution in [0.3, 0.4) is 0 Å². The molecule has 0 unspecified atom stereocenters. The van der Waals surface area contributed by atoms with Crippen LogP contribution in [0, 0.1) is 0 Å². The average molecular weight is 372 g/mol. The second kappa shape index (κ2) is 7.08. The summed E-state index contributed by atoms with van der Waals surface area (Å²) in [6.07, 6.45) is 6.36. The number of piperazine rings is 1. The maximum atomic E-state index is 5.47. The van der Waals surface area contributed by atoms with Gasteiger partial charge in [-0.15, -0.1) is 0 Å². The summed E-state index contributed by atoms with van der Waals surface area (Å²) in [6.45, 7) is 5.54. The van der Waals surface area contributed by atoms with E-state index in [0.717, 1.165) is 69.0 Å². The number of hydrogen-bond donors (Lipinski definition) is 0. The predicted octanol–water partition coefficient (Wildman–Crippen LogP) is 2.43. The monoisotopic (exact) mass is 372 g/mol. The topological polar surface area (TPSA) is 67.3 Å². The average Bonchev–Trinajstić information content (AvgIpc) is 3.46. The number of ether oxygens (including phenoxy) is 1. The Morgan fingerprint density at radius 3 is 2.46 bits per heavy atom. The van der Waals surface area contributed by atoms with Gasteiger partial charge in [0.25, 0.3) is 0 Å². The molecule has 2 saturated heterocycles. The number of rotatable bonds is 4. The predicted molar refractivity (Wildman–Crippen MR) is 101 cm³/mol. The van der Waals surface area contributed by atoms with E-state index in [9.17, 15) is 0 Å². The first-order chi connectivity index (χ1) is 12.9. The third-order valence-electron chi connectivity index (χ3n) is 5.56. The van der Waals surface area contributed by atoms with Crippen molar-refractivity contribution in [1.29, 1.82) is 0 Å². The van der Waals surface area contributed by atoms with E-state index in [0.29, 0.717) is 11.8 Å². The molecule has 0 aromatic carbocycles. The first kappa shape index (κ1) is 16.4. The molecule has 3 aliphatic rings. The summed E-state index contributed by atoms with van der Waals surface area (Å²) < 4.78 is 10.0. The van der Waals surface area contributed by atoms with Crippen LogP contribution in [0.25, 0.3) is 0 Å². The quantitative estimate of drug-likeness (QED) is 0.816. The minimum absolute atomic E-state index is 0.508.